The highest BCUT2D eigenvalue weighted by atomic mass is 32.2. The summed E-state index contributed by atoms with van der Waals surface area (Å²) in [5.41, 5.74) is 1.90. The number of carbonyl (C=O) groups excluding carboxylic acids is 1. The van der Waals surface area contributed by atoms with Crippen molar-refractivity contribution in [2.24, 2.45) is 0 Å². The third kappa shape index (κ3) is 5.01. The Labute approximate surface area is 232 Å². The van der Waals surface area contributed by atoms with Crippen LogP contribution in [-0.2, 0) is 14.8 Å². The highest BCUT2D eigenvalue weighted by molar-refractivity contribution is 7.90. The molecular formula is C30H29N3O6S. The van der Waals surface area contributed by atoms with Crippen molar-refractivity contribution in [3.05, 3.63) is 83.4 Å². The smallest absolute Gasteiger partial charge is 0.408 e. The van der Waals surface area contributed by atoms with Gasteiger partial charge in [0.15, 0.2) is 0 Å². The van der Waals surface area contributed by atoms with Crippen molar-refractivity contribution in [1.82, 2.24) is 9.29 Å². The Morgan fingerprint density at radius 3 is 2.52 bits per heavy atom. The maximum Gasteiger partial charge on any atom is 0.408 e. The van der Waals surface area contributed by atoms with Crippen molar-refractivity contribution in [2.45, 2.75) is 50.3 Å². The van der Waals surface area contributed by atoms with Gasteiger partial charge < -0.3 is 19.9 Å². The zero-order valence-electron chi connectivity index (χ0n) is 22.5. The number of amides is 1. The molecule has 1 aliphatic heterocycles. The quantitative estimate of drug-likeness (QED) is 0.333. The van der Waals surface area contributed by atoms with Gasteiger partial charge in [-0.25, -0.2) is 17.2 Å². The number of nitrogens with one attached hydrogen (secondary N) is 1. The number of fused-ring (bicyclic) bond motifs is 3. The molecule has 206 valence electrons. The molecule has 10 heteroatoms. The summed E-state index contributed by atoms with van der Waals surface area (Å²) in [6.07, 6.45) is -1.46. The van der Waals surface area contributed by atoms with E-state index in [4.69, 9.17) is 9.47 Å². The second-order valence-electron chi connectivity index (χ2n) is 10.7. The van der Waals surface area contributed by atoms with Gasteiger partial charge in [-0.2, -0.15) is 5.26 Å². The van der Waals surface area contributed by atoms with Gasteiger partial charge in [0.1, 0.15) is 18.0 Å². The lowest BCUT2D eigenvalue weighted by molar-refractivity contribution is 0.0497. The lowest BCUT2D eigenvalue weighted by atomic mass is 10.0. The Kier molecular flexibility index (Phi) is 6.82. The van der Waals surface area contributed by atoms with E-state index in [0.717, 1.165) is 0 Å². The average Bonchev–Trinajstić information content (AvgIpc) is 3.49. The van der Waals surface area contributed by atoms with Crippen LogP contribution in [0.2, 0.25) is 0 Å². The number of rotatable bonds is 5. The number of aromatic nitrogens is 1. The lowest BCUT2D eigenvalue weighted by Gasteiger charge is -2.21. The van der Waals surface area contributed by atoms with Gasteiger partial charge in [-0.1, -0.05) is 24.3 Å². The van der Waals surface area contributed by atoms with E-state index in [1.54, 1.807) is 82.3 Å². The Bertz CT molecular complexity index is 1760. The number of carbonyl (C=O) groups is 1. The first-order chi connectivity index (χ1) is 18.9. The van der Waals surface area contributed by atoms with Crippen molar-refractivity contribution < 1.29 is 27.8 Å². The molecule has 9 nitrogen and oxygen atoms in total. The molecule has 0 saturated heterocycles. The molecule has 1 aromatic heterocycles. The zero-order valence-corrected chi connectivity index (χ0v) is 23.3. The van der Waals surface area contributed by atoms with E-state index >= 15 is 0 Å². The molecule has 0 saturated carbocycles. The molecule has 5 rings (SSSR count). The van der Waals surface area contributed by atoms with Gasteiger partial charge in [0.25, 0.3) is 10.0 Å². The first kappa shape index (κ1) is 27.2. The molecule has 4 aromatic rings. The first-order valence-corrected chi connectivity index (χ1v) is 14.2. The molecule has 1 amide bonds. The van der Waals surface area contributed by atoms with E-state index in [0.29, 0.717) is 39.0 Å². The standard InChI is InChI=1S/C30H29N3O6S/c1-18(34)20-12-19(16-31)13-21(14-20)27-15-24-26(33(27)40(36,37)22-8-6-5-7-9-22)11-10-23-25(17-38-28(23)24)32-29(35)39-30(2,3)4/h5-15,18,25,34H,17H2,1-4H3,(H,32,35). The van der Waals surface area contributed by atoms with Crippen molar-refractivity contribution in [3.8, 4) is 23.1 Å². The molecule has 0 aliphatic carbocycles. The first-order valence-electron chi connectivity index (χ1n) is 12.7. The highest BCUT2D eigenvalue weighted by Gasteiger charge is 2.32. The van der Waals surface area contributed by atoms with Gasteiger partial charge in [0.05, 0.1) is 39.9 Å². The summed E-state index contributed by atoms with van der Waals surface area (Å²) < 4.78 is 40.7. The van der Waals surface area contributed by atoms with E-state index in [2.05, 4.69) is 11.4 Å². The van der Waals surface area contributed by atoms with Crippen molar-refractivity contribution in [3.63, 3.8) is 0 Å². The van der Waals surface area contributed by atoms with Crippen LogP contribution in [0.25, 0.3) is 22.2 Å². The number of aliphatic hydroxyl groups is 1. The van der Waals surface area contributed by atoms with Gasteiger partial charge in [-0.15, -0.1) is 0 Å². The number of alkyl carbamates (subject to hydrolysis) is 1. The van der Waals surface area contributed by atoms with E-state index in [-0.39, 0.29) is 17.1 Å². The van der Waals surface area contributed by atoms with Gasteiger partial charge in [-0.05, 0) is 75.7 Å². The maximum absolute atomic E-state index is 14.1. The molecule has 0 spiro atoms. The summed E-state index contributed by atoms with van der Waals surface area (Å²) in [5, 5.41) is 23.3. The number of nitrogens with zero attached hydrogens (tertiary/aromatic N) is 2. The van der Waals surface area contributed by atoms with Crippen LogP contribution in [0.1, 0.15) is 56.5 Å². The van der Waals surface area contributed by atoms with Crippen LogP contribution in [0.4, 0.5) is 4.79 Å². The Balaban J connectivity index is 1.72. The molecule has 40 heavy (non-hydrogen) atoms. The predicted molar refractivity (Wildman–Crippen MR) is 149 cm³/mol. The van der Waals surface area contributed by atoms with Crippen LogP contribution in [0.3, 0.4) is 0 Å². The maximum atomic E-state index is 14.1. The van der Waals surface area contributed by atoms with Gasteiger partial charge in [0.2, 0.25) is 0 Å². The van der Waals surface area contributed by atoms with Crippen molar-refractivity contribution >= 4 is 27.0 Å². The molecule has 1 aliphatic rings. The fourth-order valence-electron chi connectivity index (χ4n) is 4.77. The van der Waals surface area contributed by atoms with Gasteiger partial charge >= 0.3 is 6.09 Å². The second-order valence-corrected chi connectivity index (χ2v) is 12.5. The average molecular weight is 560 g/mol. The molecule has 3 aromatic carbocycles. The molecule has 0 radical (unpaired) electrons. The largest absolute Gasteiger partial charge is 0.490 e. The highest BCUT2D eigenvalue weighted by Crippen LogP contribution is 2.43. The monoisotopic (exact) mass is 559 g/mol. The molecular weight excluding hydrogens is 530 g/mol. The van der Waals surface area contributed by atoms with Crippen molar-refractivity contribution in [2.75, 3.05) is 6.61 Å². The third-order valence-corrected chi connectivity index (χ3v) is 8.27. The van der Waals surface area contributed by atoms with E-state index in [1.807, 2.05) is 0 Å². The summed E-state index contributed by atoms with van der Waals surface area (Å²) in [6.45, 7) is 7.05. The van der Waals surface area contributed by atoms with Crippen LogP contribution >= 0.6 is 0 Å². The van der Waals surface area contributed by atoms with Crippen LogP contribution in [-0.4, -0.2) is 35.8 Å². The minimum Gasteiger partial charge on any atom is -0.490 e. The number of hydrogen-bond acceptors (Lipinski definition) is 7. The van der Waals surface area contributed by atoms with Crippen LogP contribution in [0.5, 0.6) is 5.75 Å². The Hall–Kier alpha value is -4.33. The van der Waals surface area contributed by atoms with E-state index in [1.165, 1.54) is 16.1 Å². The van der Waals surface area contributed by atoms with Gasteiger partial charge in [-0.3, -0.25) is 0 Å². The second kappa shape index (κ2) is 10.0. The summed E-state index contributed by atoms with van der Waals surface area (Å²) in [4.78, 5) is 12.5. The summed E-state index contributed by atoms with van der Waals surface area (Å²) >= 11 is 0. The summed E-state index contributed by atoms with van der Waals surface area (Å²) in [7, 11) is -4.10. The topological polar surface area (TPSA) is 131 Å². The molecule has 2 N–H and O–H groups in total. The van der Waals surface area contributed by atoms with E-state index in [9.17, 15) is 23.6 Å². The van der Waals surface area contributed by atoms with Crippen LogP contribution < -0.4 is 10.1 Å². The fraction of sp³-hybridized carbons (Fsp3) is 0.267. The zero-order chi connectivity index (χ0) is 28.8. The molecule has 2 atom stereocenters. The summed E-state index contributed by atoms with van der Waals surface area (Å²) in [5.74, 6) is 0.453. The van der Waals surface area contributed by atoms with Crippen LogP contribution in [0, 0.1) is 11.3 Å². The Morgan fingerprint density at radius 2 is 1.88 bits per heavy atom. The number of hydrogen-bond donors (Lipinski definition) is 2. The molecule has 0 bridgehead atoms. The predicted octanol–water partition coefficient (Wildman–Crippen LogP) is 5.43. The minimum absolute atomic E-state index is 0.0897. The SMILES string of the molecule is CC(O)c1cc(C#N)cc(-c2cc3c4c(ccc3n2S(=O)(=O)c2ccccc2)C(NC(=O)OC(C)(C)C)CO4)c1. The number of nitriles is 1. The normalized spacial score (nSPS) is 15.7. The Morgan fingerprint density at radius 1 is 1.15 bits per heavy atom. The van der Waals surface area contributed by atoms with Crippen LogP contribution in [0.15, 0.2) is 71.6 Å². The molecule has 2 heterocycles. The third-order valence-electron chi connectivity index (χ3n) is 6.53. The molecule has 2 unspecified atom stereocenters. The minimum atomic E-state index is -4.10. The lowest BCUT2D eigenvalue weighted by Crippen LogP contribution is -2.35. The number of benzene rings is 3. The number of ether oxygens (including phenoxy) is 2. The van der Waals surface area contributed by atoms with Gasteiger partial charge in [0, 0.05) is 16.5 Å². The fourth-order valence-corrected chi connectivity index (χ4v) is 6.32. The molecule has 0 fully saturated rings. The van der Waals surface area contributed by atoms with Crippen molar-refractivity contribution in [1.29, 1.82) is 5.26 Å². The van der Waals surface area contributed by atoms with E-state index < -0.39 is 33.9 Å². The summed E-state index contributed by atoms with van der Waals surface area (Å²) in [6, 6.07) is 19.6. The number of aliphatic hydroxyl groups excluding tert-OH is 1.